The van der Waals surface area contributed by atoms with E-state index in [0.29, 0.717) is 17.4 Å². The predicted molar refractivity (Wildman–Crippen MR) is 102 cm³/mol. The lowest BCUT2D eigenvalue weighted by atomic mass is 9.91. The molecule has 2 aliphatic rings. The van der Waals surface area contributed by atoms with Gasteiger partial charge >= 0.3 is 0 Å². The molecule has 3 unspecified atom stereocenters. The van der Waals surface area contributed by atoms with Crippen molar-refractivity contribution in [2.24, 2.45) is 11.8 Å². The molecule has 140 valence electrons. The summed E-state index contributed by atoms with van der Waals surface area (Å²) in [5.41, 5.74) is 0.612. The lowest BCUT2D eigenvalue weighted by Gasteiger charge is -2.41. The van der Waals surface area contributed by atoms with Crippen LogP contribution in [0.15, 0.2) is 18.3 Å². The molecule has 2 saturated heterocycles. The van der Waals surface area contributed by atoms with Crippen LogP contribution in [0.4, 0.5) is 5.82 Å². The van der Waals surface area contributed by atoms with Crippen molar-refractivity contribution in [2.45, 2.75) is 33.2 Å². The van der Waals surface area contributed by atoms with Crippen LogP contribution in [0.5, 0.6) is 0 Å². The molecule has 1 aromatic heterocycles. The van der Waals surface area contributed by atoms with Gasteiger partial charge in [0.1, 0.15) is 11.9 Å². The second-order valence-electron chi connectivity index (χ2n) is 7.87. The average molecular weight is 355 g/mol. The number of aromatic nitrogens is 1. The molecule has 0 bridgehead atoms. The number of likely N-dealkylation sites (tertiary alicyclic amines) is 1. The summed E-state index contributed by atoms with van der Waals surface area (Å²) in [5, 5.41) is 9.27. The van der Waals surface area contributed by atoms with Gasteiger partial charge in [-0.05, 0) is 37.3 Å². The van der Waals surface area contributed by atoms with Crippen molar-refractivity contribution in [3.05, 3.63) is 23.9 Å². The number of rotatable bonds is 3. The Morgan fingerprint density at radius 2 is 1.88 bits per heavy atom. The average Bonchev–Trinajstić information content (AvgIpc) is 2.66. The molecular formula is C20H29N5O. The summed E-state index contributed by atoms with van der Waals surface area (Å²) in [7, 11) is 0. The molecule has 0 aliphatic carbocycles. The highest BCUT2D eigenvalue weighted by Gasteiger charge is 2.32. The number of piperazine rings is 1. The molecule has 6 heteroatoms. The Labute approximate surface area is 156 Å². The maximum Gasteiger partial charge on any atom is 0.239 e. The third-order valence-corrected chi connectivity index (χ3v) is 5.61. The number of anilines is 1. The van der Waals surface area contributed by atoms with Crippen LogP contribution in [0.2, 0.25) is 0 Å². The van der Waals surface area contributed by atoms with E-state index in [2.05, 4.69) is 39.6 Å². The highest BCUT2D eigenvalue weighted by molar-refractivity contribution is 5.81. The molecule has 0 N–H and O–H groups in total. The van der Waals surface area contributed by atoms with Gasteiger partial charge in [0, 0.05) is 45.5 Å². The Kier molecular flexibility index (Phi) is 5.77. The number of carbonyl (C=O) groups excluding carboxylic acids is 1. The maximum atomic E-state index is 13.0. The van der Waals surface area contributed by atoms with E-state index in [9.17, 15) is 10.1 Å². The molecule has 0 spiro atoms. The van der Waals surface area contributed by atoms with Crippen molar-refractivity contribution >= 4 is 11.7 Å². The fourth-order valence-electron chi connectivity index (χ4n) is 4.32. The number of nitrogens with zero attached hydrogens (tertiary/aromatic N) is 5. The molecule has 3 atom stereocenters. The second kappa shape index (κ2) is 8.05. The molecule has 0 radical (unpaired) electrons. The van der Waals surface area contributed by atoms with Gasteiger partial charge in [-0.25, -0.2) is 4.98 Å². The van der Waals surface area contributed by atoms with Crippen molar-refractivity contribution in [1.29, 1.82) is 5.26 Å². The van der Waals surface area contributed by atoms with Gasteiger partial charge in [0.25, 0.3) is 0 Å². The summed E-state index contributed by atoms with van der Waals surface area (Å²) < 4.78 is 0. The SMILES string of the molecule is CC1CC(C)CN(C(=O)C(C)N2CCN(c3ncccc3C#N)CC2)C1. The monoisotopic (exact) mass is 355 g/mol. The minimum Gasteiger partial charge on any atom is -0.353 e. The Hall–Kier alpha value is -2.13. The zero-order valence-corrected chi connectivity index (χ0v) is 16.1. The Bertz CT molecular complexity index is 667. The highest BCUT2D eigenvalue weighted by atomic mass is 16.2. The number of piperidine rings is 1. The van der Waals surface area contributed by atoms with Crippen LogP contribution in [0.3, 0.4) is 0 Å². The summed E-state index contributed by atoms with van der Waals surface area (Å²) in [4.78, 5) is 23.8. The molecule has 3 heterocycles. The van der Waals surface area contributed by atoms with Gasteiger partial charge in [-0.15, -0.1) is 0 Å². The van der Waals surface area contributed by atoms with E-state index in [0.717, 1.165) is 45.1 Å². The van der Waals surface area contributed by atoms with Crippen LogP contribution in [0, 0.1) is 23.2 Å². The van der Waals surface area contributed by atoms with E-state index < -0.39 is 0 Å². The van der Waals surface area contributed by atoms with Crippen LogP contribution in [-0.4, -0.2) is 66.0 Å². The van der Waals surface area contributed by atoms with Gasteiger partial charge in [0.15, 0.2) is 0 Å². The minimum atomic E-state index is -0.0891. The summed E-state index contributed by atoms with van der Waals surface area (Å²) in [5.74, 6) is 2.18. The third-order valence-electron chi connectivity index (χ3n) is 5.61. The van der Waals surface area contributed by atoms with Crippen LogP contribution in [0.1, 0.15) is 32.8 Å². The minimum absolute atomic E-state index is 0.0891. The standard InChI is InChI=1S/C20H29N5O/c1-15-11-16(2)14-25(13-15)20(26)17(3)23-7-9-24(10-8-23)19-18(12-21)5-4-6-22-19/h4-6,15-17H,7-11,13-14H2,1-3H3. The van der Waals surface area contributed by atoms with E-state index in [1.807, 2.05) is 6.92 Å². The number of hydrogen-bond acceptors (Lipinski definition) is 5. The summed E-state index contributed by atoms with van der Waals surface area (Å²) in [6, 6.07) is 5.73. The summed E-state index contributed by atoms with van der Waals surface area (Å²) in [6.45, 7) is 11.5. The fraction of sp³-hybridized carbons (Fsp3) is 0.650. The first-order valence-corrected chi connectivity index (χ1v) is 9.62. The van der Waals surface area contributed by atoms with Crippen molar-refractivity contribution in [3.63, 3.8) is 0 Å². The van der Waals surface area contributed by atoms with Crippen LogP contribution < -0.4 is 4.90 Å². The van der Waals surface area contributed by atoms with Crippen LogP contribution in [0.25, 0.3) is 0 Å². The largest absolute Gasteiger partial charge is 0.353 e. The first kappa shape index (κ1) is 18.7. The van der Waals surface area contributed by atoms with Crippen LogP contribution >= 0.6 is 0 Å². The van der Waals surface area contributed by atoms with Gasteiger partial charge in [-0.2, -0.15) is 5.26 Å². The number of nitriles is 1. The normalized spacial score (nSPS) is 25.6. The van der Waals surface area contributed by atoms with E-state index >= 15 is 0 Å². The van der Waals surface area contributed by atoms with Crippen LogP contribution in [-0.2, 0) is 4.79 Å². The van der Waals surface area contributed by atoms with Gasteiger partial charge in [0.2, 0.25) is 5.91 Å². The maximum absolute atomic E-state index is 13.0. The number of pyridine rings is 1. The zero-order valence-electron chi connectivity index (χ0n) is 16.1. The number of carbonyl (C=O) groups is 1. The molecule has 26 heavy (non-hydrogen) atoms. The first-order chi connectivity index (χ1) is 12.5. The van der Waals surface area contributed by atoms with Gasteiger partial charge in [0.05, 0.1) is 11.6 Å². The molecule has 6 nitrogen and oxygen atoms in total. The Morgan fingerprint density at radius 3 is 2.50 bits per heavy atom. The van der Waals surface area contributed by atoms with Gasteiger partial charge in [-0.3, -0.25) is 9.69 Å². The van der Waals surface area contributed by atoms with E-state index in [4.69, 9.17) is 0 Å². The molecule has 2 aliphatic heterocycles. The molecule has 0 saturated carbocycles. The molecule has 2 fully saturated rings. The first-order valence-electron chi connectivity index (χ1n) is 9.62. The fourth-order valence-corrected chi connectivity index (χ4v) is 4.32. The quantitative estimate of drug-likeness (QED) is 0.829. The molecule has 1 amide bonds. The summed E-state index contributed by atoms with van der Waals surface area (Å²) >= 11 is 0. The molecule has 3 rings (SSSR count). The van der Waals surface area contributed by atoms with Crippen molar-refractivity contribution < 1.29 is 4.79 Å². The molecular weight excluding hydrogens is 326 g/mol. The predicted octanol–water partition coefficient (Wildman–Crippen LogP) is 1.97. The van der Waals surface area contributed by atoms with E-state index in [1.165, 1.54) is 6.42 Å². The molecule has 0 aromatic carbocycles. The lowest BCUT2D eigenvalue weighted by Crippen LogP contribution is -2.56. The Morgan fingerprint density at radius 1 is 1.23 bits per heavy atom. The van der Waals surface area contributed by atoms with Crippen molar-refractivity contribution in [3.8, 4) is 6.07 Å². The second-order valence-corrected chi connectivity index (χ2v) is 7.87. The summed E-state index contributed by atoms with van der Waals surface area (Å²) in [6.07, 6.45) is 2.94. The third kappa shape index (κ3) is 3.99. The smallest absolute Gasteiger partial charge is 0.239 e. The van der Waals surface area contributed by atoms with Crippen molar-refractivity contribution in [1.82, 2.24) is 14.8 Å². The number of amides is 1. The zero-order chi connectivity index (χ0) is 18.7. The topological polar surface area (TPSA) is 63.5 Å². The van der Waals surface area contributed by atoms with E-state index in [1.54, 1.807) is 18.3 Å². The lowest BCUT2D eigenvalue weighted by molar-refractivity contribution is -0.139. The van der Waals surface area contributed by atoms with Gasteiger partial charge < -0.3 is 9.80 Å². The number of hydrogen-bond donors (Lipinski definition) is 0. The highest BCUT2D eigenvalue weighted by Crippen LogP contribution is 2.23. The van der Waals surface area contributed by atoms with Gasteiger partial charge in [-0.1, -0.05) is 13.8 Å². The van der Waals surface area contributed by atoms with Crippen molar-refractivity contribution in [2.75, 3.05) is 44.2 Å². The molecule has 1 aromatic rings. The Balaban J connectivity index is 1.59. The van der Waals surface area contributed by atoms with E-state index in [-0.39, 0.29) is 11.9 Å².